The predicted octanol–water partition coefficient (Wildman–Crippen LogP) is 1.11. The van der Waals surface area contributed by atoms with Crippen molar-refractivity contribution in [2.45, 2.75) is 31.6 Å². The molecule has 0 amide bonds. The predicted molar refractivity (Wildman–Crippen MR) is 63.5 cm³/mol. The summed E-state index contributed by atoms with van der Waals surface area (Å²) in [6.07, 6.45) is 5.08. The third kappa shape index (κ3) is 1.84. The second-order valence-corrected chi connectivity index (χ2v) is 4.84. The number of carbonyl (C=O) groups is 1. The van der Waals surface area contributed by atoms with Gasteiger partial charge >= 0.3 is 5.97 Å². The molecule has 17 heavy (non-hydrogen) atoms. The van der Waals surface area contributed by atoms with Gasteiger partial charge in [0.15, 0.2) is 0 Å². The highest BCUT2D eigenvalue weighted by molar-refractivity contribution is 5.76. The Morgan fingerprint density at radius 3 is 2.71 bits per heavy atom. The van der Waals surface area contributed by atoms with Crippen LogP contribution in [0.2, 0.25) is 0 Å². The normalized spacial score (nSPS) is 20.4. The Hall–Kier alpha value is -1.36. The molecule has 94 valence electrons. The molecule has 1 unspecified atom stereocenters. The number of nitrogens with zero attached hydrogens (tertiary/aromatic N) is 2. The molecule has 1 saturated carbocycles. The zero-order valence-corrected chi connectivity index (χ0v) is 10.1. The van der Waals surface area contributed by atoms with Crippen molar-refractivity contribution in [1.29, 1.82) is 0 Å². The van der Waals surface area contributed by atoms with Gasteiger partial charge in [-0.05, 0) is 18.9 Å². The van der Waals surface area contributed by atoms with Crippen LogP contribution in [-0.4, -0.2) is 27.4 Å². The van der Waals surface area contributed by atoms with Crippen LogP contribution in [0, 0.1) is 5.41 Å². The third-order valence-corrected chi connectivity index (χ3v) is 4.04. The molecular weight excluding hydrogens is 218 g/mol. The Bertz CT molecular complexity index is 408. The average molecular weight is 237 g/mol. The summed E-state index contributed by atoms with van der Waals surface area (Å²) < 4.78 is 1.74. The molecule has 0 bridgehead atoms. The van der Waals surface area contributed by atoms with Gasteiger partial charge < -0.3 is 10.8 Å². The van der Waals surface area contributed by atoms with E-state index < -0.39 is 11.4 Å². The highest BCUT2D eigenvalue weighted by atomic mass is 16.4. The molecule has 0 aliphatic heterocycles. The fraction of sp³-hybridized carbons (Fsp3) is 0.667. The molecule has 5 nitrogen and oxygen atoms in total. The molecule has 3 N–H and O–H groups in total. The van der Waals surface area contributed by atoms with E-state index in [1.54, 1.807) is 10.9 Å². The van der Waals surface area contributed by atoms with E-state index in [1.807, 2.05) is 13.1 Å². The van der Waals surface area contributed by atoms with Gasteiger partial charge in [-0.3, -0.25) is 9.48 Å². The van der Waals surface area contributed by atoms with Gasteiger partial charge in [0.05, 0.1) is 5.41 Å². The number of hydrogen-bond acceptors (Lipinski definition) is 3. The standard InChI is InChI=1S/C12H19N3O2/c1-15-10(4-7-14-15)9(8-13)12(11(16)17)5-2-3-6-12/h4,7,9H,2-3,5-6,8,13H2,1H3,(H,16,17). The van der Waals surface area contributed by atoms with E-state index >= 15 is 0 Å². The van der Waals surface area contributed by atoms with Gasteiger partial charge in [0, 0.05) is 31.4 Å². The zero-order valence-electron chi connectivity index (χ0n) is 10.1. The van der Waals surface area contributed by atoms with Gasteiger partial charge in [-0.25, -0.2) is 0 Å². The van der Waals surface area contributed by atoms with E-state index in [0.717, 1.165) is 31.4 Å². The number of rotatable bonds is 4. The van der Waals surface area contributed by atoms with E-state index in [9.17, 15) is 9.90 Å². The first kappa shape index (κ1) is 12.1. The van der Waals surface area contributed by atoms with Crippen LogP contribution < -0.4 is 5.73 Å². The molecule has 0 spiro atoms. The lowest BCUT2D eigenvalue weighted by Gasteiger charge is -2.32. The van der Waals surface area contributed by atoms with Gasteiger partial charge in [0.1, 0.15) is 0 Å². The quantitative estimate of drug-likeness (QED) is 0.821. The van der Waals surface area contributed by atoms with Crippen molar-refractivity contribution in [3.05, 3.63) is 18.0 Å². The Morgan fingerprint density at radius 2 is 2.29 bits per heavy atom. The number of aryl methyl sites for hydroxylation is 1. The lowest BCUT2D eigenvalue weighted by molar-refractivity contribution is -0.150. The molecule has 0 radical (unpaired) electrons. The summed E-state index contributed by atoms with van der Waals surface area (Å²) >= 11 is 0. The van der Waals surface area contributed by atoms with Crippen molar-refractivity contribution in [3.8, 4) is 0 Å². The summed E-state index contributed by atoms with van der Waals surface area (Å²) in [6, 6.07) is 1.88. The molecular formula is C12H19N3O2. The minimum Gasteiger partial charge on any atom is -0.481 e. The van der Waals surface area contributed by atoms with Crippen LogP contribution in [0.1, 0.15) is 37.3 Å². The van der Waals surface area contributed by atoms with Crippen molar-refractivity contribution in [1.82, 2.24) is 9.78 Å². The molecule has 1 aliphatic rings. The van der Waals surface area contributed by atoms with Gasteiger partial charge in [-0.1, -0.05) is 12.8 Å². The Balaban J connectivity index is 2.40. The summed E-state index contributed by atoms with van der Waals surface area (Å²) in [4.78, 5) is 11.6. The summed E-state index contributed by atoms with van der Waals surface area (Å²) in [5.41, 5.74) is 6.07. The van der Waals surface area contributed by atoms with Crippen LogP contribution in [0.15, 0.2) is 12.3 Å². The Kier molecular flexibility index (Phi) is 3.19. The molecule has 1 heterocycles. The van der Waals surface area contributed by atoms with E-state index in [2.05, 4.69) is 5.10 Å². The van der Waals surface area contributed by atoms with Gasteiger partial charge in [0.25, 0.3) is 0 Å². The number of aromatic nitrogens is 2. The van der Waals surface area contributed by atoms with Crippen LogP contribution >= 0.6 is 0 Å². The lowest BCUT2D eigenvalue weighted by Crippen LogP contribution is -2.39. The fourth-order valence-corrected chi connectivity index (χ4v) is 3.07. The van der Waals surface area contributed by atoms with Crippen molar-refractivity contribution < 1.29 is 9.90 Å². The first-order valence-corrected chi connectivity index (χ1v) is 6.03. The second kappa shape index (κ2) is 4.49. The fourth-order valence-electron chi connectivity index (χ4n) is 3.07. The molecule has 1 fully saturated rings. The molecule has 0 saturated heterocycles. The van der Waals surface area contributed by atoms with Crippen LogP contribution in [0.3, 0.4) is 0 Å². The minimum atomic E-state index is -0.716. The maximum absolute atomic E-state index is 11.6. The van der Waals surface area contributed by atoms with Gasteiger partial charge in [-0.15, -0.1) is 0 Å². The maximum atomic E-state index is 11.6. The number of carboxylic acids is 1. The summed E-state index contributed by atoms with van der Waals surface area (Å²) in [7, 11) is 1.84. The SMILES string of the molecule is Cn1nccc1C(CN)C1(C(=O)O)CCCC1. The van der Waals surface area contributed by atoms with E-state index in [0.29, 0.717) is 6.54 Å². The van der Waals surface area contributed by atoms with Crippen molar-refractivity contribution >= 4 is 5.97 Å². The van der Waals surface area contributed by atoms with Crippen LogP contribution in [0.25, 0.3) is 0 Å². The minimum absolute atomic E-state index is 0.144. The maximum Gasteiger partial charge on any atom is 0.310 e. The van der Waals surface area contributed by atoms with E-state index in [1.165, 1.54) is 0 Å². The third-order valence-electron chi connectivity index (χ3n) is 4.04. The van der Waals surface area contributed by atoms with Crippen LogP contribution in [-0.2, 0) is 11.8 Å². The monoisotopic (exact) mass is 237 g/mol. The first-order valence-electron chi connectivity index (χ1n) is 6.03. The molecule has 1 aliphatic carbocycles. The van der Waals surface area contributed by atoms with Crippen molar-refractivity contribution in [2.75, 3.05) is 6.54 Å². The molecule has 1 aromatic heterocycles. The largest absolute Gasteiger partial charge is 0.481 e. The van der Waals surface area contributed by atoms with Crippen molar-refractivity contribution in [3.63, 3.8) is 0 Å². The average Bonchev–Trinajstić information content (AvgIpc) is 2.91. The number of nitrogens with two attached hydrogens (primary N) is 1. The smallest absolute Gasteiger partial charge is 0.310 e. The number of carboxylic acid groups (broad SMARTS) is 1. The second-order valence-electron chi connectivity index (χ2n) is 4.84. The first-order chi connectivity index (χ1) is 8.12. The number of aliphatic carboxylic acids is 1. The summed E-state index contributed by atoms with van der Waals surface area (Å²) in [6.45, 7) is 0.353. The van der Waals surface area contributed by atoms with Gasteiger partial charge in [-0.2, -0.15) is 5.10 Å². The van der Waals surface area contributed by atoms with Crippen LogP contribution in [0.4, 0.5) is 0 Å². The van der Waals surface area contributed by atoms with Gasteiger partial charge in [0.2, 0.25) is 0 Å². The van der Waals surface area contributed by atoms with Crippen LogP contribution in [0.5, 0.6) is 0 Å². The van der Waals surface area contributed by atoms with E-state index in [4.69, 9.17) is 5.73 Å². The molecule has 2 rings (SSSR count). The summed E-state index contributed by atoms with van der Waals surface area (Å²) in [5, 5.41) is 13.7. The van der Waals surface area contributed by atoms with E-state index in [-0.39, 0.29) is 5.92 Å². The Morgan fingerprint density at radius 1 is 1.65 bits per heavy atom. The highest BCUT2D eigenvalue weighted by Gasteiger charge is 2.48. The molecule has 5 heteroatoms. The number of hydrogen-bond donors (Lipinski definition) is 2. The Labute approximate surface area is 101 Å². The van der Waals surface area contributed by atoms with Crippen molar-refractivity contribution in [2.24, 2.45) is 18.2 Å². The molecule has 0 aromatic carbocycles. The highest BCUT2D eigenvalue weighted by Crippen LogP contribution is 2.48. The summed E-state index contributed by atoms with van der Waals surface area (Å²) in [5.74, 6) is -0.860. The zero-order chi connectivity index (χ0) is 12.5. The lowest BCUT2D eigenvalue weighted by atomic mass is 9.72. The molecule has 1 atom stereocenters. The topological polar surface area (TPSA) is 81.1 Å². The molecule has 1 aromatic rings.